The molecule has 1 aromatic heterocycles. The van der Waals surface area contributed by atoms with Crippen molar-refractivity contribution in [2.75, 3.05) is 18.5 Å². The molecule has 0 bridgehead atoms. The Morgan fingerprint density at radius 2 is 1.84 bits per heavy atom. The second kappa shape index (κ2) is 13.4. The van der Waals surface area contributed by atoms with Gasteiger partial charge >= 0.3 is 0 Å². The van der Waals surface area contributed by atoms with Gasteiger partial charge in [0, 0.05) is 22.4 Å². The number of carbonyl (C=O) groups excluding carboxylic acids is 1. The Morgan fingerprint density at radius 3 is 2.56 bits per heavy atom. The van der Waals surface area contributed by atoms with Crippen LogP contribution in [0.25, 0.3) is 11.3 Å². The number of rotatable bonds is 10. The number of hydrogen-bond donors (Lipinski definition) is 2. The van der Waals surface area contributed by atoms with Gasteiger partial charge in [-0.3, -0.25) is 4.79 Å². The van der Waals surface area contributed by atoms with Crippen LogP contribution in [0.2, 0.25) is 5.02 Å². The van der Waals surface area contributed by atoms with Crippen LogP contribution < -0.4 is 10.1 Å². The van der Waals surface area contributed by atoms with E-state index < -0.39 is 16.4 Å². The van der Waals surface area contributed by atoms with Crippen LogP contribution in [0.5, 0.6) is 5.75 Å². The SMILES string of the molecule is O.O=C(Nc1cccc(-c2ccc(S(=O)N3CCC[C@@H]3CO)cc2)n1)C1(c2ccc(Cl)c(OCc3ccccc3)c2)CC1.[HH].[HH].[HH]. The summed E-state index contributed by atoms with van der Waals surface area (Å²) in [6, 6.07) is 28.3. The van der Waals surface area contributed by atoms with Crippen LogP contribution in [0.15, 0.2) is 95.9 Å². The molecule has 1 aliphatic heterocycles. The van der Waals surface area contributed by atoms with Gasteiger partial charge in [-0.15, -0.1) is 0 Å². The standard InChI is InChI=1S/C33H32ClN3O4S.H2O.3H2/c34-28-16-13-25(20-30(28)41-22-23-6-2-1-3-7-23)33(17-18-33)32(39)36-31-10-4-9-29(35-31)24-11-14-27(15-12-24)42(40)37-19-5-8-26(37)21-38;;;;/h1-4,6-7,9-16,20,26,38H,5,8,17-19,21-22H2,(H,35,36,39);1H2;3*1H/t26-,42?;;;;/m1..../s1. The lowest BCUT2D eigenvalue weighted by Gasteiger charge is -2.21. The summed E-state index contributed by atoms with van der Waals surface area (Å²) in [5, 5.41) is 13.1. The number of carbonyl (C=O) groups is 1. The van der Waals surface area contributed by atoms with Gasteiger partial charge in [-0.25, -0.2) is 13.5 Å². The van der Waals surface area contributed by atoms with Crippen molar-refractivity contribution < 1.29 is 28.6 Å². The van der Waals surface area contributed by atoms with Gasteiger partial charge in [0.05, 0.1) is 27.6 Å². The van der Waals surface area contributed by atoms with Gasteiger partial charge in [-0.2, -0.15) is 0 Å². The third kappa shape index (κ3) is 6.66. The summed E-state index contributed by atoms with van der Waals surface area (Å²) in [6.07, 6.45) is 3.24. The number of benzene rings is 3. The summed E-state index contributed by atoms with van der Waals surface area (Å²) in [5.41, 5.74) is 2.81. The van der Waals surface area contributed by atoms with Crippen LogP contribution in [-0.4, -0.2) is 49.2 Å². The molecule has 6 rings (SSSR count). The summed E-state index contributed by atoms with van der Waals surface area (Å²) in [4.78, 5) is 18.9. The number of aliphatic hydroxyl groups is 1. The molecule has 2 aliphatic rings. The second-order valence-electron chi connectivity index (χ2n) is 10.8. The molecule has 230 valence electrons. The first kappa shape index (κ1) is 30.8. The highest BCUT2D eigenvalue weighted by molar-refractivity contribution is 7.82. The maximum Gasteiger partial charge on any atom is 0.236 e. The predicted molar refractivity (Wildman–Crippen MR) is 175 cm³/mol. The Hall–Kier alpha value is -3.60. The van der Waals surface area contributed by atoms with Gasteiger partial charge in [-0.1, -0.05) is 66.2 Å². The largest absolute Gasteiger partial charge is 0.487 e. The van der Waals surface area contributed by atoms with E-state index in [-0.39, 0.29) is 28.3 Å². The summed E-state index contributed by atoms with van der Waals surface area (Å²) in [5.74, 6) is 0.908. The van der Waals surface area contributed by atoms with Crippen molar-refractivity contribution in [3.05, 3.63) is 107 Å². The Morgan fingerprint density at radius 1 is 1.07 bits per heavy atom. The van der Waals surface area contributed by atoms with Gasteiger partial charge in [-0.05, 0) is 73.2 Å². The molecule has 1 unspecified atom stereocenters. The molecule has 43 heavy (non-hydrogen) atoms. The van der Waals surface area contributed by atoms with E-state index in [1.165, 1.54) is 0 Å². The lowest BCUT2D eigenvalue weighted by molar-refractivity contribution is -0.118. The van der Waals surface area contributed by atoms with Crippen molar-refractivity contribution in [1.29, 1.82) is 0 Å². The predicted octanol–water partition coefficient (Wildman–Crippen LogP) is 6.04. The quantitative estimate of drug-likeness (QED) is 0.222. The highest BCUT2D eigenvalue weighted by Crippen LogP contribution is 2.50. The number of ether oxygens (including phenoxy) is 1. The third-order valence-electron chi connectivity index (χ3n) is 7.99. The van der Waals surface area contributed by atoms with E-state index in [2.05, 4.69) is 5.32 Å². The first-order chi connectivity index (χ1) is 20.5. The monoisotopic (exact) mass is 625 g/mol. The first-order valence-corrected chi connectivity index (χ1v) is 15.6. The van der Waals surface area contributed by atoms with E-state index in [1.807, 2.05) is 83.2 Å². The number of aliphatic hydroxyl groups excluding tert-OH is 1. The molecule has 3 aromatic carbocycles. The van der Waals surface area contributed by atoms with Gasteiger partial charge in [0.2, 0.25) is 5.91 Å². The maximum atomic E-state index is 13.5. The van der Waals surface area contributed by atoms with Crippen molar-refractivity contribution in [2.24, 2.45) is 0 Å². The number of aromatic nitrogens is 1. The molecule has 4 aromatic rings. The van der Waals surface area contributed by atoms with Crippen LogP contribution >= 0.6 is 11.6 Å². The van der Waals surface area contributed by atoms with Gasteiger partial charge in [0.15, 0.2) is 0 Å². The van der Waals surface area contributed by atoms with Gasteiger partial charge in [0.25, 0.3) is 0 Å². The van der Waals surface area contributed by atoms with E-state index >= 15 is 0 Å². The molecule has 1 amide bonds. The highest BCUT2D eigenvalue weighted by Gasteiger charge is 2.51. The van der Waals surface area contributed by atoms with Crippen LogP contribution in [-0.2, 0) is 27.8 Å². The fourth-order valence-electron chi connectivity index (χ4n) is 5.41. The number of amides is 1. The van der Waals surface area contributed by atoms with Crippen molar-refractivity contribution in [1.82, 2.24) is 9.29 Å². The van der Waals surface area contributed by atoms with Crippen LogP contribution in [0.4, 0.5) is 5.82 Å². The minimum atomic E-state index is -1.32. The zero-order valence-corrected chi connectivity index (χ0v) is 25.1. The fourth-order valence-corrected chi connectivity index (χ4v) is 6.96. The smallest absolute Gasteiger partial charge is 0.236 e. The zero-order valence-electron chi connectivity index (χ0n) is 23.5. The van der Waals surface area contributed by atoms with Crippen molar-refractivity contribution in [2.45, 2.75) is 48.6 Å². The molecule has 1 saturated carbocycles. The summed E-state index contributed by atoms with van der Waals surface area (Å²) < 4.78 is 20.9. The Labute approximate surface area is 263 Å². The average molecular weight is 626 g/mol. The molecule has 0 spiro atoms. The lowest BCUT2D eigenvalue weighted by atomic mass is 9.94. The molecule has 2 fully saturated rings. The molecular formula is C33H40ClN3O5S. The summed E-state index contributed by atoms with van der Waals surface area (Å²) in [7, 11) is -1.32. The van der Waals surface area contributed by atoms with E-state index in [9.17, 15) is 14.1 Å². The highest BCUT2D eigenvalue weighted by atomic mass is 35.5. The van der Waals surface area contributed by atoms with E-state index in [0.717, 1.165) is 42.4 Å². The summed E-state index contributed by atoms with van der Waals surface area (Å²) >= 11 is 6.43. The van der Waals surface area contributed by atoms with E-state index in [4.69, 9.17) is 21.3 Å². The topological polar surface area (TPSA) is 123 Å². The molecule has 4 N–H and O–H groups in total. The van der Waals surface area contributed by atoms with Crippen LogP contribution in [0.3, 0.4) is 0 Å². The van der Waals surface area contributed by atoms with Gasteiger partial charge < -0.3 is 20.6 Å². The van der Waals surface area contributed by atoms with Crippen LogP contribution in [0, 0.1) is 0 Å². The minimum absolute atomic E-state index is 0. The number of hydrogen-bond acceptors (Lipinski definition) is 5. The Bertz CT molecular complexity index is 1610. The van der Waals surface area contributed by atoms with Crippen molar-refractivity contribution in [3.63, 3.8) is 0 Å². The molecule has 2 atom stereocenters. The summed E-state index contributed by atoms with van der Waals surface area (Å²) in [6.45, 7) is 1.11. The minimum Gasteiger partial charge on any atom is -0.487 e. The number of anilines is 1. The van der Waals surface area contributed by atoms with Crippen LogP contribution in [0.1, 0.15) is 41.1 Å². The molecule has 10 heteroatoms. The first-order valence-electron chi connectivity index (χ1n) is 14.1. The number of nitrogens with zero attached hydrogens (tertiary/aromatic N) is 2. The average Bonchev–Trinajstić information content (AvgIpc) is 3.71. The second-order valence-corrected chi connectivity index (χ2v) is 12.6. The Kier molecular flexibility index (Phi) is 9.59. The lowest BCUT2D eigenvalue weighted by Crippen LogP contribution is -2.33. The number of nitrogens with one attached hydrogen (secondary N) is 1. The fraction of sp³-hybridized carbons (Fsp3) is 0.273. The van der Waals surface area contributed by atoms with Gasteiger partial charge in [0.1, 0.15) is 29.2 Å². The zero-order chi connectivity index (χ0) is 29.1. The van der Waals surface area contributed by atoms with Crippen molar-refractivity contribution >= 4 is 34.3 Å². The van der Waals surface area contributed by atoms with E-state index in [0.29, 0.717) is 40.3 Å². The molecule has 2 heterocycles. The van der Waals surface area contributed by atoms with Crippen molar-refractivity contribution in [3.8, 4) is 17.0 Å². The number of pyridine rings is 1. The maximum absolute atomic E-state index is 13.5. The molecule has 8 nitrogen and oxygen atoms in total. The number of halogens is 1. The molecular weight excluding hydrogens is 586 g/mol. The van der Waals surface area contributed by atoms with E-state index in [1.54, 1.807) is 12.1 Å². The molecule has 1 aliphatic carbocycles. The molecule has 0 radical (unpaired) electrons. The normalized spacial score (nSPS) is 18.0. The molecule has 1 saturated heterocycles. The third-order valence-corrected chi connectivity index (χ3v) is 9.89. The Balaban J connectivity index is 0.00000184.